The Balaban J connectivity index is 2.60. The molecule has 0 aliphatic carbocycles. The second kappa shape index (κ2) is 5.98. The monoisotopic (exact) mass is 334 g/mol. The maximum Gasteiger partial charge on any atom is 0.471 e. The number of anilines is 1. The van der Waals surface area contributed by atoms with Crippen molar-refractivity contribution >= 4 is 34.0 Å². The second-order valence-electron chi connectivity index (χ2n) is 4.37. The van der Waals surface area contributed by atoms with E-state index in [-0.39, 0.29) is 34.6 Å². The van der Waals surface area contributed by atoms with Gasteiger partial charge >= 0.3 is 12.1 Å². The van der Waals surface area contributed by atoms with Crippen molar-refractivity contribution in [3.63, 3.8) is 0 Å². The predicted molar refractivity (Wildman–Crippen MR) is 75.0 cm³/mol. The van der Waals surface area contributed by atoms with Crippen molar-refractivity contribution < 1.29 is 23.1 Å². The zero-order chi connectivity index (χ0) is 16.5. The van der Waals surface area contributed by atoms with E-state index in [1.165, 1.54) is 29.0 Å². The third-order valence-electron chi connectivity index (χ3n) is 2.94. The van der Waals surface area contributed by atoms with E-state index in [2.05, 4.69) is 0 Å². The topological polar surface area (TPSA) is 71.3 Å². The van der Waals surface area contributed by atoms with Gasteiger partial charge < -0.3 is 15.0 Å². The number of rotatable bonds is 3. The molecule has 22 heavy (non-hydrogen) atoms. The summed E-state index contributed by atoms with van der Waals surface area (Å²) in [5.74, 6) is -2.18. The summed E-state index contributed by atoms with van der Waals surface area (Å²) in [6.07, 6.45) is -3.77. The number of aliphatic hydroxyl groups excluding tert-OH is 1. The first-order chi connectivity index (χ1) is 10.3. The highest BCUT2D eigenvalue weighted by Crippen LogP contribution is 2.31. The lowest BCUT2D eigenvalue weighted by atomic mass is 10.1. The van der Waals surface area contributed by atoms with E-state index in [1.54, 1.807) is 5.32 Å². The number of aromatic nitrogens is 1. The molecule has 1 aromatic carbocycles. The number of hydrogen-bond acceptors (Lipinski definition) is 3. The van der Waals surface area contributed by atoms with Crippen LogP contribution in [0.3, 0.4) is 0 Å². The highest BCUT2D eigenvalue weighted by Gasteiger charge is 2.39. The van der Waals surface area contributed by atoms with E-state index in [4.69, 9.17) is 16.7 Å². The molecule has 0 saturated heterocycles. The Hall–Kier alpha value is -2.06. The standard InChI is InChI=1S/C13H10ClF3N2O3/c14-9-2-1-8-7(3-4-19(5-6-20)11(8)21)10(9)18-12(22)13(15,16)17/h1-4,20H,5-6H2,(H,18,22). The minimum Gasteiger partial charge on any atom is -0.395 e. The van der Waals surface area contributed by atoms with Gasteiger partial charge in [-0.2, -0.15) is 13.2 Å². The summed E-state index contributed by atoms with van der Waals surface area (Å²) in [6.45, 7) is -0.224. The van der Waals surface area contributed by atoms with Gasteiger partial charge in [-0.15, -0.1) is 0 Å². The quantitative estimate of drug-likeness (QED) is 0.903. The van der Waals surface area contributed by atoms with E-state index < -0.39 is 17.6 Å². The Morgan fingerprint density at radius 3 is 2.55 bits per heavy atom. The molecule has 9 heteroatoms. The Morgan fingerprint density at radius 1 is 1.27 bits per heavy atom. The number of carbonyl (C=O) groups excluding carboxylic acids is 1. The first-order valence-corrected chi connectivity index (χ1v) is 6.44. The third-order valence-corrected chi connectivity index (χ3v) is 3.26. The van der Waals surface area contributed by atoms with Crippen molar-refractivity contribution in [2.24, 2.45) is 0 Å². The number of alkyl halides is 3. The van der Waals surface area contributed by atoms with Gasteiger partial charge in [-0.25, -0.2) is 0 Å². The zero-order valence-corrected chi connectivity index (χ0v) is 11.7. The van der Waals surface area contributed by atoms with Gasteiger partial charge in [-0.3, -0.25) is 9.59 Å². The Bertz CT molecular complexity index is 786. The van der Waals surface area contributed by atoms with E-state index in [0.29, 0.717) is 0 Å². The van der Waals surface area contributed by atoms with Crippen LogP contribution >= 0.6 is 11.6 Å². The van der Waals surface area contributed by atoms with Gasteiger partial charge in [0.15, 0.2) is 0 Å². The van der Waals surface area contributed by atoms with Gasteiger partial charge in [0, 0.05) is 23.5 Å². The molecule has 0 radical (unpaired) electrons. The number of carbonyl (C=O) groups is 1. The normalized spacial score (nSPS) is 11.7. The van der Waals surface area contributed by atoms with Crippen molar-refractivity contribution in [1.29, 1.82) is 0 Å². The highest BCUT2D eigenvalue weighted by atomic mass is 35.5. The summed E-state index contributed by atoms with van der Waals surface area (Å²) in [5.41, 5.74) is -0.791. The Morgan fingerprint density at radius 2 is 1.95 bits per heavy atom. The molecule has 1 aromatic heterocycles. The smallest absolute Gasteiger partial charge is 0.395 e. The van der Waals surface area contributed by atoms with Crippen LogP contribution in [0.15, 0.2) is 29.2 Å². The van der Waals surface area contributed by atoms with Crippen LogP contribution in [0.5, 0.6) is 0 Å². The maximum atomic E-state index is 12.4. The van der Waals surface area contributed by atoms with Crippen LogP contribution in [-0.4, -0.2) is 28.4 Å². The van der Waals surface area contributed by atoms with Crippen molar-refractivity contribution in [3.8, 4) is 0 Å². The van der Waals surface area contributed by atoms with Crippen LogP contribution in [0.25, 0.3) is 10.8 Å². The molecule has 0 fully saturated rings. The first kappa shape index (κ1) is 16.3. The summed E-state index contributed by atoms with van der Waals surface area (Å²) >= 11 is 5.82. The highest BCUT2D eigenvalue weighted by molar-refractivity contribution is 6.35. The van der Waals surface area contributed by atoms with Crippen molar-refractivity contribution in [2.75, 3.05) is 11.9 Å². The van der Waals surface area contributed by atoms with Gasteiger partial charge in [0.2, 0.25) is 0 Å². The third kappa shape index (κ3) is 3.07. The van der Waals surface area contributed by atoms with Gasteiger partial charge in [0.25, 0.3) is 5.56 Å². The average molecular weight is 335 g/mol. The van der Waals surface area contributed by atoms with Crippen LogP contribution < -0.4 is 10.9 Å². The SMILES string of the molecule is O=C(Nc1c(Cl)ccc2c(=O)n(CCO)ccc12)C(F)(F)F. The molecule has 2 N–H and O–H groups in total. The van der Waals surface area contributed by atoms with E-state index in [9.17, 15) is 22.8 Å². The number of aliphatic hydroxyl groups is 1. The number of halogens is 4. The molecule has 2 rings (SSSR count). The molecular weight excluding hydrogens is 325 g/mol. The minimum atomic E-state index is -5.07. The molecule has 1 heterocycles. The lowest BCUT2D eigenvalue weighted by molar-refractivity contribution is -0.167. The molecular formula is C13H10ClF3N2O3. The molecule has 118 valence electrons. The van der Waals surface area contributed by atoms with Crippen LogP contribution in [0.2, 0.25) is 5.02 Å². The fourth-order valence-corrected chi connectivity index (χ4v) is 2.15. The first-order valence-electron chi connectivity index (χ1n) is 6.06. The number of pyridine rings is 1. The minimum absolute atomic E-state index is 0.0433. The number of nitrogens with one attached hydrogen (secondary N) is 1. The summed E-state index contributed by atoms with van der Waals surface area (Å²) < 4.78 is 38.3. The summed E-state index contributed by atoms with van der Waals surface area (Å²) in [6, 6.07) is 3.92. The molecule has 0 spiro atoms. The van der Waals surface area contributed by atoms with Gasteiger partial charge in [-0.05, 0) is 18.2 Å². The molecule has 1 amide bonds. The molecule has 0 aliphatic heterocycles. The fraction of sp³-hybridized carbons (Fsp3) is 0.231. The predicted octanol–water partition coefficient (Wildman–Crippen LogP) is 2.15. The molecule has 0 unspecified atom stereocenters. The number of fused-ring (bicyclic) bond motifs is 1. The van der Waals surface area contributed by atoms with Crippen LogP contribution in [0.4, 0.5) is 18.9 Å². The molecule has 2 aromatic rings. The number of nitrogens with zero attached hydrogens (tertiary/aromatic N) is 1. The van der Waals surface area contributed by atoms with Crippen molar-refractivity contribution in [3.05, 3.63) is 39.8 Å². The van der Waals surface area contributed by atoms with E-state index in [0.717, 1.165) is 0 Å². The number of amides is 1. The summed E-state index contributed by atoms with van der Waals surface area (Å²) in [4.78, 5) is 23.2. The van der Waals surface area contributed by atoms with E-state index >= 15 is 0 Å². The summed E-state index contributed by atoms with van der Waals surface area (Å²) in [5, 5.41) is 10.6. The Labute approximate surface area is 126 Å². The second-order valence-corrected chi connectivity index (χ2v) is 4.78. The lowest BCUT2D eigenvalue weighted by Gasteiger charge is -2.13. The van der Waals surface area contributed by atoms with Gasteiger partial charge in [0.05, 0.1) is 17.3 Å². The molecule has 5 nitrogen and oxygen atoms in total. The lowest BCUT2D eigenvalue weighted by Crippen LogP contribution is -2.30. The molecule has 0 saturated carbocycles. The zero-order valence-electron chi connectivity index (χ0n) is 10.9. The Kier molecular flexibility index (Phi) is 4.43. The fourth-order valence-electron chi connectivity index (χ4n) is 1.93. The molecule has 0 bridgehead atoms. The van der Waals surface area contributed by atoms with Crippen molar-refractivity contribution in [2.45, 2.75) is 12.7 Å². The number of benzene rings is 1. The van der Waals surface area contributed by atoms with E-state index in [1.807, 2.05) is 0 Å². The number of hydrogen-bond donors (Lipinski definition) is 2. The van der Waals surface area contributed by atoms with Crippen molar-refractivity contribution in [1.82, 2.24) is 4.57 Å². The van der Waals surface area contributed by atoms with Crippen LogP contribution in [0, 0.1) is 0 Å². The largest absolute Gasteiger partial charge is 0.471 e. The van der Waals surface area contributed by atoms with Gasteiger partial charge in [-0.1, -0.05) is 11.6 Å². The molecule has 0 atom stereocenters. The summed E-state index contributed by atoms with van der Waals surface area (Å²) in [7, 11) is 0. The average Bonchev–Trinajstić information content (AvgIpc) is 2.44. The van der Waals surface area contributed by atoms with Crippen LogP contribution in [0.1, 0.15) is 0 Å². The molecule has 0 aliphatic rings. The van der Waals surface area contributed by atoms with Crippen LogP contribution in [-0.2, 0) is 11.3 Å². The van der Waals surface area contributed by atoms with Gasteiger partial charge in [0.1, 0.15) is 0 Å². The maximum absolute atomic E-state index is 12.4.